The van der Waals surface area contributed by atoms with Crippen molar-refractivity contribution in [2.24, 2.45) is 29.6 Å². The van der Waals surface area contributed by atoms with Gasteiger partial charge in [0.1, 0.15) is 18.0 Å². The number of aliphatic hydroxyl groups is 3. The van der Waals surface area contributed by atoms with Crippen LogP contribution < -0.4 is 0 Å². The Balaban J connectivity index is 1.72. The summed E-state index contributed by atoms with van der Waals surface area (Å²) >= 11 is 0. The van der Waals surface area contributed by atoms with Crippen LogP contribution in [-0.4, -0.2) is 126 Å². The van der Waals surface area contributed by atoms with E-state index in [-0.39, 0.29) is 49.5 Å². The van der Waals surface area contributed by atoms with Gasteiger partial charge in [-0.05, 0) is 89.0 Å². The first kappa shape index (κ1) is 46.9. The maximum Gasteiger partial charge on any atom is 0.308 e. The Morgan fingerprint density at radius 3 is 2.25 bits per heavy atom. The fourth-order valence-electron chi connectivity index (χ4n) is 9.50. The highest BCUT2D eigenvalue weighted by atomic mass is 16.7. The van der Waals surface area contributed by atoms with Crippen LogP contribution in [0.2, 0.25) is 0 Å². The molecule has 4 aliphatic rings. The van der Waals surface area contributed by atoms with Crippen LogP contribution in [0, 0.1) is 29.6 Å². The Hall–Kier alpha value is -2.78. The zero-order valence-corrected chi connectivity index (χ0v) is 35.4. The minimum absolute atomic E-state index is 0.0159. The number of hydrogen-bond acceptors (Lipinski definition) is 12. The predicted octanol–water partition coefficient (Wildman–Crippen LogP) is 4.64. The van der Waals surface area contributed by atoms with Crippen molar-refractivity contribution < 1.29 is 58.2 Å². The fraction of sp³-hybridized carbons (Fsp3) is 0.773. The van der Waals surface area contributed by atoms with E-state index in [1.54, 1.807) is 27.0 Å². The molecule has 57 heavy (non-hydrogen) atoms. The van der Waals surface area contributed by atoms with Crippen LogP contribution in [0.4, 0.5) is 0 Å². The molecule has 0 aromatic rings. The third kappa shape index (κ3) is 11.5. The Bertz CT molecular complexity index is 1480. The van der Waals surface area contributed by atoms with Crippen LogP contribution in [-0.2, 0) is 42.9 Å². The van der Waals surface area contributed by atoms with E-state index >= 15 is 0 Å². The SMILES string of the molecule is C=CC[C@@H]1/C=C(\C)C[C@H](C)C[C@H](OC)[C@H]2O[C@@](O)(C(=O)C(=O)N3CCCC3CC(=O)O[C@H](/C(C)=C/[C@@H]3CC[C@@H](O)[C@H](OC)C3)[C@H](C)[C@@H](O)CC1=O)[C@H](C)C[C@@H]2OC. The molecule has 1 amide bonds. The topological polar surface area (TPSA) is 178 Å². The number of carbonyl (C=O) groups excluding carboxylic acids is 4. The van der Waals surface area contributed by atoms with Crippen LogP contribution in [0.1, 0.15) is 105 Å². The van der Waals surface area contributed by atoms with Crippen molar-refractivity contribution in [3.8, 4) is 0 Å². The third-order valence-corrected chi connectivity index (χ3v) is 12.9. The van der Waals surface area contributed by atoms with Crippen molar-refractivity contribution in [3.63, 3.8) is 0 Å². The summed E-state index contributed by atoms with van der Waals surface area (Å²) in [5, 5.41) is 34.0. The van der Waals surface area contributed by atoms with E-state index in [1.165, 1.54) is 19.1 Å². The van der Waals surface area contributed by atoms with E-state index in [0.717, 1.165) is 5.57 Å². The molecule has 3 fully saturated rings. The van der Waals surface area contributed by atoms with E-state index < -0.39 is 83.9 Å². The highest BCUT2D eigenvalue weighted by Gasteiger charge is 2.56. The number of methoxy groups -OCH3 is 3. The summed E-state index contributed by atoms with van der Waals surface area (Å²) < 4.78 is 29.6. The lowest BCUT2D eigenvalue weighted by atomic mass is 9.81. The number of fused-ring (bicyclic) bond motifs is 3. The average Bonchev–Trinajstić information content (AvgIpc) is 3.63. The zero-order valence-electron chi connectivity index (χ0n) is 35.4. The Labute approximate surface area is 339 Å². The van der Waals surface area contributed by atoms with Crippen molar-refractivity contribution >= 4 is 23.4 Å². The Morgan fingerprint density at radius 1 is 0.930 bits per heavy atom. The summed E-state index contributed by atoms with van der Waals surface area (Å²) in [6.45, 7) is 13.3. The van der Waals surface area contributed by atoms with Gasteiger partial charge in [-0.25, -0.2) is 0 Å². The number of esters is 1. The number of nitrogens with zero attached hydrogens (tertiary/aromatic N) is 1. The first-order valence-electron chi connectivity index (χ1n) is 20.9. The standard InChI is InChI=1S/C44H69NO12/c1-10-12-31-18-25(2)17-26(3)19-37(54-8)41-38(55-9)21-28(5)44(52,57-41)42(50)43(51)45-16-11-13-32(45)23-39(49)56-40(29(6)34(47)24-35(31)48)27(4)20-30-14-15-33(46)36(22-30)53-7/h10,18,20,26,28-34,36-38,40-41,46-47,52H,1,11-17,19,21-24H2,2-9H3/b25-18+,27-20+/t26-,28+,29+,30-,31+,32?,33+,34-,36+,37-,38-,40+,41+,44+/m0/s1. The largest absolute Gasteiger partial charge is 0.457 e. The van der Waals surface area contributed by atoms with Gasteiger partial charge in [0.2, 0.25) is 5.79 Å². The maximum absolute atomic E-state index is 14.1. The molecule has 3 heterocycles. The summed E-state index contributed by atoms with van der Waals surface area (Å²) in [7, 11) is 4.63. The molecule has 1 saturated carbocycles. The van der Waals surface area contributed by atoms with Gasteiger partial charge >= 0.3 is 5.97 Å². The molecule has 3 N–H and O–H groups in total. The summed E-state index contributed by atoms with van der Waals surface area (Å²) in [6.07, 6.45) is 4.70. The molecule has 2 saturated heterocycles. The van der Waals surface area contributed by atoms with Gasteiger partial charge in [0.25, 0.3) is 11.7 Å². The monoisotopic (exact) mass is 803 g/mol. The van der Waals surface area contributed by atoms with Gasteiger partial charge in [0.05, 0.1) is 36.9 Å². The first-order valence-corrected chi connectivity index (χ1v) is 20.9. The van der Waals surface area contributed by atoms with Crippen molar-refractivity contribution in [1.29, 1.82) is 0 Å². The molecule has 2 bridgehead atoms. The molecule has 13 nitrogen and oxygen atoms in total. The number of aliphatic hydroxyl groups excluding tert-OH is 2. The van der Waals surface area contributed by atoms with E-state index in [0.29, 0.717) is 56.9 Å². The average molecular weight is 804 g/mol. The van der Waals surface area contributed by atoms with Crippen LogP contribution >= 0.6 is 0 Å². The quantitative estimate of drug-likeness (QED) is 0.185. The third-order valence-electron chi connectivity index (χ3n) is 12.9. The highest BCUT2D eigenvalue weighted by Crippen LogP contribution is 2.39. The molecule has 0 spiro atoms. The van der Waals surface area contributed by atoms with E-state index in [1.807, 2.05) is 32.9 Å². The number of carbonyl (C=O) groups is 4. The van der Waals surface area contributed by atoms with Crippen molar-refractivity contribution in [2.45, 2.75) is 160 Å². The number of allylic oxidation sites excluding steroid dienone is 4. The molecule has 3 aliphatic heterocycles. The molecular formula is C44H69NO12. The number of ether oxygens (including phenoxy) is 5. The minimum atomic E-state index is -2.45. The van der Waals surface area contributed by atoms with Gasteiger partial charge < -0.3 is 43.9 Å². The minimum Gasteiger partial charge on any atom is -0.457 e. The number of Topliss-reactive ketones (excluding diaryl/α,β-unsaturated/α-hetero) is 2. The van der Waals surface area contributed by atoms with Crippen LogP contribution in [0.5, 0.6) is 0 Å². The van der Waals surface area contributed by atoms with Gasteiger partial charge in [-0.15, -0.1) is 6.58 Å². The Morgan fingerprint density at radius 2 is 1.60 bits per heavy atom. The van der Waals surface area contributed by atoms with Crippen LogP contribution in [0.15, 0.2) is 36.0 Å². The van der Waals surface area contributed by atoms with E-state index in [2.05, 4.69) is 6.58 Å². The molecule has 14 atom stereocenters. The molecule has 0 radical (unpaired) electrons. The summed E-state index contributed by atoms with van der Waals surface area (Å²) in [4.78, 5) is 57.1. The molecular weight excluding hydrogens is 734 g/mol. The highest BCUT2D eigenvalue weighted by molar-refractivity contribution is 6.39. The predicted molar refractivity (Wildman–Crippen MR) is 213 cm³/mol. The van der Waals surface area contributed by atoms with Crippen molar-refractivity contribution in [3.05, 3.63) is 36.0 Å². The molecule has 0 aromatic heterocycles. The lowest BCUT2D eigenvalue weighted by Crippen LogP contribution is -2.63. The second-order valence-electron chi connectivity index (χ2n) is 17.3. The number of cyclic esters (lactones) is 1. The zero-order chi connectivity index (χ0) is 42.2. The van der Waals surface area contributed by atoms with Crippen LogP contribution in [0.3, 0.4) is 0 Å². The molecule has 4 rings (SSSR count). The number of hydrogen-bond donors (Lipinski definition) is 3. The summed E-state index contributed by atoms with van der Waals surface area (Å²) in [5.41, 5.74) is 1.65. The van der Waals surface area contributed by atoms with Gasteiger partial charge in [0.15, 0.2) is 0 Å². The van der Waals surface area contributed by atoms with Crippen molar-refractivity contribution in [1.82, 2.24) is 4.90 Å². The molecule has 13 heteroatoms. The normalized spacial score (nSPS) is 41.0. The van der Waals surface area contributed by atoms with Gasteiger partial charge in [-0.3, -0.25) is 19.2 Å². The van der Waals surface area contributed by atoms with E-state index in [4.69, 9.17) is 23.7 Å². The molecule has 0 aromatic carbocycles. The second kappa shape index (κ2) is 21.0. The van der Waals surface area contributed by atoms with Gasteiger partial charge in [-0.2, -0.15) is 0 Å². The molecule has 1 aliphatic carbocycles. The van der Waals surface area contributed by atoms with E-state index in [9.17, 15) is 34.5 Å². The summed E-state index contributed by atoms with van der Waals surface area (Å²) in [6, 6.07) is -0.673. The number of rotatable bonds is 7. The first-order chi connectivity index (χ1) is 27.0. The number of ketones is 2. The smallest absolute Gasteiger partial charge is 0.308 e. The summed E-state index contributed by atoms with van der Waals surface area (Å²) in [5.74, 6) is -7.25. The molecule has 1 unspecified atom stereocenters. The van der Waals surface area contributed by atoms with Gasteiger partial charge in [0, 0.05) is 58.1 Å². The Kier molecular flexibility index (Phi) is 17.2. The van der Waals surface area contributed by atoms with Crippen LogP contribution in [0.25, 0.3) is 0 Å². The lowest BCUT2D eigenvalue weighted by molar-refractivity contribution is -0.302. The fourth-order valence-corrected chi connectivity index (χ4v) is 9.50. The van der Waals surface area contributed by atoms with Crippen molar-refractivity contribution in [2.75, 3.05) is 27.9 Å². The molecule has 322 valence electrons. The second-order valence-corrected chi connectivity index (χ2v) is 17.3. The van der Waals surface area contributed by atoms with Gasteiger partial charge in [-0.1, -0.05) is 44.6 Å². The maximum atomic E-state index is 14.1. The lowest BCUT2D eigenvalue weighted by Gasteiger charge is -2.46. The number of amides is 1.